The van der Waals surface area contributed by atoms with E-state index < -0.39 is 9.84 Å². The molecular formula is C28H22N2O2S. The minimum absolute atomic E-state index is 0.143. The molecule has 0 saturated carbocycles. The smallest absolute Gasteiger partial charge is 0.208 e. The number of aryl methyl sites for hydroxylation is 1. The molecule has 0 amide bonds. The number of hydrogen-bond acceptors (Lipinski definition) is 4. The number of azo groups is 1. The molecule has 4 nitrogen and oxygen atoms in total. The van der Waals surface area contributed by atoms with E-state index in [1.165, 1.54) is 5.56 Å². The third-order valence-corrected chi connectivity index (χ3v) is 7.58. The van der Waals surface area contributed by atoms with Crippen molar-refractivity contribution in [3.05, 3.63) is 125 Å². The molecule has 0 saturated heterocycles. The Morgan fingerprint density at radius 1 is 0.727 bits per heavy atom. The van der Waals surface area contributed by atoms with Gasteiger partial charge in [-0.05, 0) is 54.0 Å². The van der Waals surface area contributed by atoms with Crippen LogP contribution < -0.4 is 0 Å². The summed E-state index contributed by atoms with van der Waals surface area (Å²) in [6.45, 7) is 2.05. The molecule has 0 heterocycles. The van der Waals surface area contributed by atoms with E-state index in [-0.39, 0.29) is 9.79 Å². The molecule has 0 aliphatic heterocycles. The maximum atomic E-state index is 13.3. The summed E-state index contributed by atoms with van der Waals surface area (Å²) in [6, 6.07) is 31.6. The molecule has 0 radical (unpaired) electrons. The zero-order chi connectivity index (χ0) is 22.8. The van der Waals surface area contributed by atoms with E-state index in [0.29, 0.717) is 5.69 Å². The largest absolute Gasteiger partial charge is 0.218 e. The van der Waals surface area contributed by atoms with Crippen molar-refractivity contribution in [2.45, 2.75) is 23.1 Å². The van der Waals surface area contributed by atoms with Gasteiger partial charge in [-0.2, -0.15) is 0 Å². The van der Waals surface area contributed by atoms with E-state index in [2.05, 4.69) is 47.5 Å². The van der Waals surface area contributed by atoms with Gasteiger partial charge in [-0.25, -0.2) is 8.42 Å². The highest BCUT2D eigenvalue weighted by atomic mass is 32.2. The summed E-state index contributed by atoms with van der Waals surface area (Å²) in [7, 11) is -3.72. The first-order valence-corrected chi connectivity index (χ1v) is 12.2. The fraction of sp³-hybridized carbons (Fsp3) is 0.0714. The van der Waals surface area contributed by atoms with Gasteiger partial charge in [0.1, 0.15) is 5.69 Å². The summed E-state index contributed by atoms with van der Waals surface area (Å²) in [4.78, 5) is 0.378. The summed E-state index contributed by atoms with van der Waals surface area (Å²) in [5.74, 6) is 0. The lowest BCUT2D eigenvalue weighted by Crippen LogP contribution is -2.01. The van der Waals surface area contributed by atoms with Crippen LogP contribution in [0.5, 0.6) is 0 Å². The molecule has 0 bridgehead atoms. The number of hydrogen-bond donors (Lipinski definition) is 0. The average Bonchev–Trinajstić information content (AvgIpc) is 3.21. The highest BCUT2D eigenvalue weighted by Gasteiger charge is 2.24. The van der Waals surface area contributed by atoms with Crippen LogP contribution in [0.25, 0.3) is 11.3 Å². The van der Waals surface area contributed by atoms with Crippen molar-refractivity contribution in [2.75, 3.05) is 0 Å². The van der Waals surface area contributed by atoms with Crippen LogP contribution in [0.3, 0.4) is 0 Å². The second-order valence-corrected chi connectivity index (χ2v) is 9.93. The van der Waals surface area contributed by atoms with Crippen LogP contribution in [-0.2, 0) is 16.3 Å². The van der Waals surface area contributed by atoms with Crippen molar-refractivity contribution in [3.8, 4) is 0 Å². The first-order valence-electron chi connectivity index (χ1n) is 10.7. The number of allylic oxidation sites excluding steroid dienone is 1. The standard InChI is InChI=1S/C28H22N2O2S/c1-20-16-17-22-19-25(21-10-4-2-5-11-21)28(24(22)18-20)30-29-26-14-8-9-15-27(26)33(31,32)23-12-6-3-7-13-23/h2-18H,19H2,1H3. The lowest BCUT2D eigenvalue weighted by molar-refractivity contribution is 0.596. The lowest BCUT2D eigenvalue weighted by Gasteiger charge is -2.08. The van der Waals surface area contributed by atoms with Gasteiger partial charge in [0.2, 0.25) is 9.84 Å². The van der Waals surface area contributed by atoms with E-state index in [1.807, 2.05) is 18.2 Å². The van der Waals surface area contributed by atoms with Crippen molar-refractivity contribution in [1.82, 2.24) is 0 Å². The van der Waals surface area contributed by atoms with Crippen LogP contribution in [0.2, 0.25) is 0 Å². The molecule has 0 fully saturated rings. The van der Waals surface area contributed by atoms with Gasteiger partial charge in [0, 0.05) is 12.0 Å². The normalized spacial score (nSPS) is 13.5. The monoisotopic (exact) mass is 450 g/mol. The zero-order valence-electron chi connectivity index (χ0n) is 18.1. The number of sulfone groups is 1. The van der Waals surface area contributed by atoms with Gasteiger partial charge in [0.15, 0.2) is 0 Å². The van der Waals surface area contributed by atoms with Crippen LogP contribution in [-0.4, -0.2) is 8.42 Å². The summed E-state index contributed by atoms with van der Waals surface area (Å²) in [6.07, 6.45) is 0.762. The summed E-state index contributed by atoms with van der Waals surface area (Å²) in [5.41, 5.74) is 6.66. The predicted octanol–water partition coefficient (Wildman–Crippen LogP) is 7.04. The van der Waals surface area contributed by atoms with Crippen LogP contribution in [0.1, 0.15) is 22.3 Å². The Kier molecular flexibility index (Phi) is 5.48. The molecule has 0 spiro atoms. The van der Waals surface area contributed by atoms with E-state index in [4.69, 9.17) is 0 Å². The second kappa shape index (κ2) is 8.60. The second-order valence-electron chi connectivity index (χ2n) is 8.01. The molecular weight excluding hydrogens is 428 g/mol. The van der Waals surface area contributed by atoms with E-state index in [0.717, 1.165) is 34.4 Å². The SMILES string of the molecule is Cc1ccc2c(c1)C(N=Nc1ccccc1S(=O)(=O)c1ccccc1)=C(c1ccccc1)C2. The molecule has 4 aromatic carbocycles. The molecule has 1 aliphatic rings. The van der Waals surface area contributed by atoms with Crippen LogP contribution >= 0.6 is 0 Å². The first kappa shape index (κ1) is 21.0. The molecule has 4 aromatic rings. The Hall–Kier alpha value is -3.83. The van der Waals surface area contributed by atoms with Gasteiger partial charge >= 0.3 is 0 Å². The molecule has 0 unspecified atom stereocenters. The Morgan fingerprint density at radius 2 is 1.39 bits per heavy atom. The molecule has 33 heavy (non-hydrogen) atoms. The van der Waals surface area contributed by atoms with Gasteiger partial charge < -0.3 is 0 Å². The molecule has 162 valence electrons. The Balaban J connectivity index is 1.63. The highest BCUT2D eigenvalue weighted by Crippen LogP contribution is 2.41. The van der Waals surface area contributed by atoms with Gasteiger partial charge in [-0.1, -0.05) is 78.4 Å². The van der Waals surface area contributed by atoms with Gasteiger partial charge in [0.25, 0.3) is 0 Å². The maximum Gasteiger partial charge on any atom is 0.208 e. The maximum absolute atomic E-state index is 13.3. The summed E-state index contributed by atoms with van der Waals surface area (Å²) < 4.78 is 26.5. The summed E-state index contributed by atoms with van der Waals surface area (Å²) in [5, 5.41) is 9.11. The zero-order valence-corrected chi connectivity index (χ0v) is 19.0. The van der Waals surface area contributed by atoms with Crippen molar-refractivity contribution in [3.63, 3.8) is 0 Å². The van der Waals surface area contributed by atoms with Gasteiger partial charge in [-0.3, -0.25) is 0 Å². The molecule has 0 atom stereocenters. The molecule has 0 N–H and O–H groups in total. The number of rotatable bonds is 5. The molecule has 0 aromatic heterocycles. The Labute approximate surface area is 193 Å². The van der Waals surface area contributed by atoms with E-state index in [1.54, 1.807) is 54.6 Å². The minimum Gasteiger partial charge on any atom is -0.218 e. The van der Waals surface area contributed by atoms with Gasteiger partial charge in [-0.15, -0.1) is 10.2 Å². The molecule has 5 rings (SSSR count). The van der Waals surface area contributed by atoms with Crippen LogP contribution in [0.4, 0.5) is 5.69 Å². The average molecular weight is 451 g/mol. The number of fused-ring (bicyclic) bond motifs is 1. The topological polar surface area (TPSA) is 58.9 Å². The number of nitrogens with zero attached hydrogens (tertiary/aromatic N) is 2. The van der Waals surface area contributed by atoms with E-state index in [9.17, 15) is 8.42 Å². The third-order valence-electron chi connectivity index (χ3n) is 5.76. The van der Waals surface area contributed by atoms with E-state index >= 15 is 0 Å². The quantitative estimate of drug-likeness (QED) is 0.306. The lowest BCUT2D eigenvalue weighted by atomic mass is 10.0. The van der Waals surface area contributed by atoms with Crippen molar-refractivity contribution in [2.24, 2.45) is 10.2 Å². The predicted molar refractivity (Wildman–Crippen MR) is 131 cm³/mol. The van der Waals surface area contributed by atoms with Crippen LogP contribution in [0.15, 0.2) is 123 Å². The molecule has 1 aliphatic carbocycles. The fourth-order valence-electron chi connectivity index (χ4n) is 4.09. The Bertz CT molecular complexity index is 1490. The third kappa shape index (κ3) is 4.03. The first-order chi connectivity index (χ1) is 16.0. The van der Waals surface area contributed by atoms with Crippen LogP contribution in [0, 0.1) is 6.92 Å². The van der Waals surface area contributed by atoms with Crippen molar-refractivity contribution < 1.29 is 8.42 Å². The Morgan fingerprint density at radius 3 is 2.15 bits per heavy atom. The molecule has 5 heteroatoms. The van der Waals surface area contributed by atoms with Crippen molar-refractivity contribution in [1.29, 1.82) is 0 Å². The fourth-order valence-corrected chi connectivity index (χ4v) is 5.50. The van der Waals surface area contributed by atoms with Gasteiger partial charge in [0.05, 0.1) is 15.5 Å². The van der Waals surface area contributed by atoms with Crippen molar-refractivity contribution >= 4 is 26.8 Å². The highest BCUT2D eigenvalue weighted by molar-refractivity contribution is 7.91. The minimum atomic E-state index is -3.72. The summed E-state index contributed by atoms with van der Waals surface area (Å²) >= 11 is 0. The number of benzene rings is 4.